The van der Waals surface area contributed by atoms with Gasteiger partial charge in [0.2, 0.25) is 0 Å². The molecule has 3 nitrogen and oxygen atoms in total. The van der Waals surface area contributed by atoms with E-state index in [1.54, 1.807) is 0 Å². The molecule has 0 spiro atoms. The number of hydrogen-bond acceptors (Lipinski definition) is 2. The van der Waals surface area contributed by atoms with E-state index in [1.807, 2.05) is 0 Å². The van der Waals surface area contributed by atoms with Crippen LogP contribution in [0.3, 0.4) is 0 Å². The van der Waals surface area contributed by atoms with Gasteiger partial charge in [0.25, 0.3) is 0 Å². The van der Waals surface area contributed by atoms with E-state index in [4.69, 9.17) is 10.7 Å². The van der Waals surface area contributed by atoms with Gasteiger partial charge < -0.3 is 10.3 Å². The highest BCUT2D eigenvalue weighted by atomic mass is 15.1. The van der Waals surface area contributed by atoms with Crippen molar-refractivity contribution in [3.8, 4) is 0 Å². The van der Waals surface area contributed by atoms with E-state index < -0.39 is 0 Å². The smallest absolute Gasteiger partial charge is 0.112 e. The SMILES string of the molecule is CCCn1c(C2CCCCC2)nc2cc(CN)ccc21. The first kappa shape index (κ1) is 13.6. The van der Waals surface area contributed by atoms with Crippen LogP contribution in [0.1, 0.15) is 62.8 Å². The first-order chi connectivity index (χ1) is 9.83. The number of nitrogens with zero attached hydrogens (tertiary/aromatic N) is 2. The van der Waals surface area contributed by atoms with Crippen molar-refractivity contribution < 1.29 is 0 Å². The van der Waals surface area contributed by atoms with Gasteiger partial charge in [-0.1, -0.05) is 32.3 Å². The zero-order valence-corrected chi connectivity index (χ0v) is 12.4. The molecule has 0 radical (unpaired) electrons. The summed E-state index contributed by atoms with van der Waals surface area (Å²) in [6.45, 7) is 3.91. The molecule has 3 rings (SSSR count). The van der Waals surface area contributed by atoms with Crippen molar-refractivity contribution in [2.45, 2.75) is 64.5 Å². The number of benzene rings is 1. The molecule has 2 N–H and O–H groups in total. The van der Waals surface area contributed by atoms with Crippen LogP contribution < -0.4 is 5.73 Å². The standard InChI is InChI=1S/C17H25N3/c1-2-10-20-16-9-8-13(12-18)11-15(16)19-17(20)14-6-4-3-5-7-14/h8-9,11,14H,2-7,10,12,18H2,1H3. The number of aromatic nitrogens is 2. The van der Waals surface area contributed by atoms with Crippen LogP contribution in [-0.4, -0.2) is 9.55 Å². The minimum Gasteiger partial charge on any atom is -0.328 e. The van der Waals surface area contributed by atoms with E-state index in [0.29, 0.717) is 12.5 Å². The fourth-order valence-electron chi connectivity index (χ4n) is 3.45. The van der Waals surface area contributed by atoms with Gasteiger partial charge in [0.05, 0.1) is 11.0 Å². The zero-order valence-electron chi connectivity index (χ0n) is 12.4. The normalized spacial score (nSPS) is 16.9. The third kappa shape index (κ3) is 2.47. The molecule has 0 unspecified atom stereocenters. The van der Waals surface area contributed by atoms with Crippen molar-refractivity contribution in [3.63, 3.8) is 0 Å². The summed E-state index contributed by atoms with van der Waals surface area (Å²) in [6.07, 6.45) is 7.86. The number of imidazole rings is 1. The van der Waals surface area contributed by atoms with Crippen LogP contribution in [-0.2, 0) is 13.1 Å². The lowest BCUT2D eigenvalue weighted by Gasteiger charge is -2.22. The van der Waals surface area contributed by atoms with E-state index in [0.717, 1.165) is 18.5 Å². The monoisotopic (exact) mass is 271 g/mol. The predicted molar refractivity (Wildman–Crippen MR) is 83.7 cm³/mol. The molecular weight excluding hydrogens is 246 g/mol. The van der Waals surface area contributed by atoms with Crippen molar-refractivity contribution in [2.24, 2.45) is 5.73 Å². The number of hydrogen-bond donors (Lipinski definition) is 1. The van der Waals surface area contributed by atoms with Gasteiger partial charge in [-0.2, -0.15) is 0 Å². The summed E-state index contributed by atoms with van der Waals surface area (Å²) in [4.78, 5) is 4.97. The lowest BCUT2D eigenvalue weighted by molar-refractivity contribution is 0.416. The molecule has 0 amide bonds. The lowest BCUT2D eigenvalue weighted by Crippen LogP contribution is -2.12. The highest BCUT2D eigenvalue weighted by Crippen LogP contribution is 2.34. The molecule has 1 aromatic heterocycles. The molecule has 2 aromatic rings. The maximum atomic E-state index is 5.75. The Kier molecular flexibility index (Phi) is 4.06. The van der Waals surface area contributed by atoms with Gasteiger partial charge in [-0.15, -0.1) is 0 Å². The Morgan fingerprint density at radius 1 is 1.25 bits per heavy atom. The lowest BCUT2D eigenvalue weighted by atomic mass is 9.88. The molecule has 108 valence electrons. The number of nitrogens with two attached hydrogens (primary N) is 1. The third-order valence-electron chi connectivity index (χ3n) is 4.50. The van der Waals surface area contributed by atoms with Gasteiger partial charge >= 0.3 is 0 Å². The summed E-state index contributed by atoms with van der Waals surface area (Å²) in [7, 11) is 0. The summed E-state index contributed by atoms with van der Waals surface area (Å²) in [5.41, 5.74) is 9.34. The fraction of sp³-hybridized carbons (Fsp3) is 0.588. The molecule has 0 bridgehead atoms. The maximum Gasteiger partial charge on any atom is 0.112 e. The highest BCUT2D eigenvalue weighted by Gasteiger charge is 2.22. The largest absolute Gasteiger partial charge is 0.328 e. The molecule has 1 aromatic carbocycles. The van der Waals surface area contributed by atoms with E-state index >= 15 is 0 Å². The highest BCUT2D eigenvalue weighted by molar-refractivity contribution is 5.77. The van der Waals surface area contributed by atoms with E-state index in [-0.39, 0.29) is 0 Å². The summed E-state index contributed by atoms with van der Waals surface area (Å²) in [5.74, 6) is 1.97. The Labute approximate surface area is 121 Å². The van der Waals surface area contributed by atoms with Crippen LogP contribution in [0.4, 0.5) is 0 Å². The zero-order chi connectivity index (χ0) is 13.9. The van der Waals surface area contributed by atoms with Gasteiger partial charge in [0, 0.05) is 19.0 Å². The topological polar surface area (TPSA) is 43.8 Å². The van der Waals surface area contributed by atoms with Crippen molar-refractivity contribution in [3.05, 3.63) is 29.6 Å². The van der Waals surface area contributed by atoms with Crippen LogP contribution >= 0.6 is 0 Å². The Hall–Kier alpha value is -1.35. The molecule has 0 aliphatic heterocycles. The first-order valence-corrected chi connectivity index (χ1v) is 8.02. The molecule has 1 saturated carbocycles. The molecule has 1 aliphatic rings. The van der Waals surface area contributed by atoms with Crippen LogP contribution in [0.15, 0.2) is 18.2 Å². The van der Waals surface area contributed by atoms with Crippen molar-refractivity contribution in [2.75, 3.05) is 0 Å². The Morgan fingerprint density at radius 3 is 2.75 bits per heavy atom. The molecule has 1 fully saturated rings. The Balaban J connectivity index is 2.06. The molecule has 20 heavy (non-hydrogen) atoms. The maximum absolute atomic E-state index is 5.75. The molecule has 3 heteroatoms. The molecule has 0 atom stereocenters. The van der Waals surface area contributed by atoms with E-state index in [2.05, 4.69) is 29.7 Å². The first-order valence-electron chi connectivity index (χ1n) is 8.02. The van der Waals surface area contributed by atoms with Crippen LogP contribution in [0.5, 0.6) is 0 Å². The Morgan fingerprint density at radius 2 is 2.05 bits per heavy atom. The third-order valence-corrected chi connectivity index (χ3v) is 4.50. The quantitative estimate of drug-likeness (QED) is 0.915. The average Bonchev–Trinajstić information content (AvgIpc) is 2.86. The fourth-order valence-corrected chi connectivity index (χ4v) is 3.45. The second kappa shape index (κ2) is 5.96. The van der Waals surface area contributed by atoms with Crippen molar-refractivity contribution in [1.29, 1.82) is 0 Å². The van der Waals surface area contributed by atoms with Gasteiger partial charge in [-0.25, -0.2) is 4.98 Å². The van der Waals surface area contributed by atoms with Gasteiger partial charge in [-0.05, 0) is 37.0 Å². The minimum absolute atomic E-state index is 0.593. The minimum atomic E-state index is 0.593. The average molecular weight is 271 g/mol. The summed E-state index contributed by atoms with van der Waals surface area (Å²) < 4.78 is 2.45. The molecule has 1 heterocycles. The van der Waals surface area contributed by atoms with Gasteiger partial charge in [0.1, 0.15) is 5.82 Å². The van der Waals surface area contributed by atoms with Gasteiger partial charge in [-0.3, -0.25) is 0 Å². The molecule has 0 saturated heterocycles. The van der Waals surface area contributed by atoms with E-state index in [9.17, 15) is 0 Å². The second-order valence-corrected chi connectivity index (χ2v) is 5.98. The van der Waals surface area contributed by atoms with Crippen LogP contribution in [0.2, 0.25) is 0 Å². The number of fused-ring (bicyclic) bond motifs is 1. The van der Waals surface area contributed by atoms with Crippen LogP contribution in [0.25, 0.3) is 11.0 Å². The van der Waals surface area contributed by atoms with Crippen LogP contribution in [0, 0.1) is 0 Å². The predicted octanol–water partition coefficient (Wildman–Crippen LogP) is 3.95. The van der Waals surface area contributed by atoms with E-state index in [1.165, 1.54) is 49.0 Å². The summed E-state index contributed by atoms with van der Waals surface area (Å²) >= 11 is 0. The van der Waals surface area contributed by atoms with Crippen molar-refractivity contribution in [1.82, 2.24) is 9.55 Å². The summed E-state index contributed by atoms with van der Waals surface area (Å²) in [5, 5.41) is 0. The Bertz CT molecular complexity index is 579. The molecular formula is C17H25N3. The molecule has 1 aliphatic carbocycles. The number of aryl methyl sites for hydroxylation is 1. The van der Waals surface area contributed by atoms with Crippen molar-refractivity contribution >= 4 is 11.0 Å². The summed E-state index contributed by atoms with van der Waals surface area (Å²) in [6, 6.07) is 6.50. The number of rotatable bonds is 4. The second-order valence-electron chi connectivity index (χ2n) is 5.98. The van der Waals surface area contributed by atoms with Gasteiger partial charge in [0.15, 0.2) is 0 Å².